The van der Waals surface area contributed by atoms with E-state index in [2.05, 4.69) is 10.5 Å². The lowest BCUT2D eigenvalue weighted by atomic mass is 10.2. The summed E-state index contributed by atoms with van der Waals surface area (Å²) in [5.41, 5.74) is 7.21. The van der Waals surface area contributed by atoms with Gasteiger partial charge < -0.3 is 10.1 Å². The lowest BCUT2D eigenvalue weighted by molar-refractivity contribution is 0.238. The number of anilines is 1. The van der Waals surface area contributed by atoms with Crippen LogP contribution in [-0.2, 0) is 0 Å². The van der Waals surface area contributed by atoms with Gasteiger partial charge in [0.15, 0.2) is 0 Å². The summed E-state index contributed by atoms with van der Waals surface area (Å²) in [7, 11) is 1.41. The Labute approximate surface area is 104 Å². The summed E-state index contributed by atoms with van der Waals surface area (Å²) >= 11 is 0. The molecule has 2 amide bonds. The van der Waals surface area contributed by atoms with Gasteiger partial charge in [0.1, 0.15) is 17.3 Å². The van der Waals surface area contributed by atoms with Gasteiger partial charge in [-0.05, 0) is 26.0 Å². The number of amides is 2. The predicted molar refractivity (Wildman–Crippen MR) is 64.2 cm³/mol. The van der Waals surface area contributed by atoms with Gasteiger partial charge in [-0.2, -0.15) is 10.5 Å². The molecule has 0 saturated carbocycles. The zero-order valence-corrected chi connectivity index (χ0v) is 10.4. The van der Waals surface area contributed by atoms with E-state index in [0.29, 0.717) is 0 Å². The van der Waals surface area contributed by atoms with Gasteiger partial charge in [0.25, 0.3) is 0 Å². The number of carbonyl (C=O) groups is 1. The molecule has 0 atom stereocenters. The third kappa shape index (κ3) is 3.16. The molecule has 1 aromatic rings. The summed E-state index contributed by atoms with van der Waals surface area (Å²) in [5.74, 6) is -0.333. The standard InChI is InChI=1S/C11H15FN4O2/c1-7(2)18-10-6-8(12)4-5-9(10)16(15-13)11(17)14-3/h4-7,13H,1-3H3,(H,14,17). The number of nitrogens with zero attached hydrogens (tertiary/aromatic N) is 2. The first-order chi connectivity index (χ1) is 8.49. The van der Waals surface area contributed by atoms with Gasteiger partial charge >= 0.3 is 6.03 Å². The van der Waals surface area contributed by atoms with Crippen molar-refractivity contribution in [2.75, 3.05) is 12.1 Å². The van der Waals surface area contributed by atoms with E-state index in [1.165, 1.54) is 19.2 Å². The quantitative estimate of drug-likeness (QED) is 0.640. The number of ether oxygens (including phenoxy) is 1. The molecule has 0 radical (unpaired) electrons. The van der Waals surface area contributed by atoms with Gasteiger partial charge in [0, 0.05) is 13.1 Å². The normalized spacial score (nSPS) is 10.1. The second kappa shape index (κ2) is 5.95. The van der Waals surface area contributed by atoms with Crippen LogP contribution in [0.25, 0.3) is 0 Å². The third-order valence-corrected chi connectivity index (χ3v) is 2.02. The molecule has 0 aromatic heterocycles. The largest absolute Gasteiger partial charge is 0.489 e. The minimum Gasteiger partial charge on any atom is -0.489 e. The highest BCUT2D eigenvalue weighted by Crippen LogP contribution is 2.30. The van der Waals surface area contributed by atoms with E-state index >= 15 is 0 Å². The van der Waals surface area contributed by atoms with Gasteiger partial charge in [0.05, 0.1) is 6.10 Å². The lowest BCUT2D eigenvalue weighted by Crippen LogP contribution is -2.34. The Balaban J connectivity index is 3.20. The van der Waals surface area contributed by atoms with E-state index in [1.807, 2.05) is 0 Å². The molecule has 0 saturated heterocycles. The van der Waals surface area contributed by atoms with Gasteiger partial charge in [-0.25, -0.2) is 9.18 Å². The molecular weight excluding hydrogens is 239 g/mol. The highest BCUT2D eigenvalue weighted by molar-refractivity contribution is 5.92. The maximum absolute atomic E-state index is 13.2. The zero-order chi connectivity index (χ0) is 13.7. The maximum Gasteiger partial charge on any atom is 0.343 e. The van der Waals surface area contributed by atoms with Crippen molar-refractivity contribution < 1.29 is 13.9 Å². The molecule has 1 aromatic carbocycles. The van der Waals surface area contributed by atoms with E-state index in [9.17, 15) is 9.18 Å². The first-order valence-corrected chi connectivity index (χ1v) is 5.35. The van der Waals surface area contributed by atoms with Crippen LogP contribution in [-0.4, -0.2) is 19.2 Å². The van der Waals surface area contributed by atoms with Crippen LogP contribution in [0.1, 0.15) is 13.8 Å². The number of urea groups is 1. The topological polar surface area (TPSA) is 77.8 Å². The van der Waals surface area contributed by atoms with E-state index < -0.39 is 11.8 Å². The highest BCUT2D eigenvalue weighted by Gasteiger charge is 2.19. The highest BCUT2D eigenvalue weighted by atomic mass is 19.1. The summed E-state index contributed by atoms with van der Waals surface area (Å²) in [6.07, 6.45) is -0.192. The van der Waals surface area contributed by atoms with Crippen LogP contribution in [0.3, 0.4) is 0 Å². The van der Waals surface area contributed by atoms with Crippen LogP contribution in [0.4, 0.5) is 14.9 Å². The van der Waals surface area contributed by atoms with Crippen molar-refractivity contribution in [1.29, 1.82) is 5.53 Å². The van der Waals surface area contributed by atoms with Crippen LogP contribution in [0.2, 0.25) is 0 Å². The molecule has 0 aliphatic rings. The van der Waals surface area contributed by atoms with Crippen LogP contribution < -0.4 is 15.1 Å². The van der Waals surface area contributed by atoms with Crippen molar-refractivity contribution in [3.8, 4) is 5.75 Å². The molecular formula is C11H15FN4O2. The van der Waals surface area contributed by atoms with E-state index in [1.54, 1.807) is 13.8 Å². The molecule has 1 rings (SSSR count). The minimum atomic E-state index is -0.606. The summed E-state index contributed by atoms with van der Waals surface area (Å²) < 4.78 is 18.6. The van der Waals surface area contributed by atoms with Crippen molar-refractivity contribution in [3.63, 3.8) is 0 Å². The van der Waals surface area contributed by atoms with Crippen molar-refractivity contribution in [3.05, 3.63) is 24.0 Å². The second-order valence-electron chi connectivity index (χ2n) is 3.75. The fraction of sp³-hybridized carbons (Fsp3) is 0.364. The third-order valence-electron chi connectivity index (χ3n) is 2.02. The molecule has 0 heterocycles. The Morgan fingerprint density at radius 1 is 1.56 bits per heavy atom. The van der Waals surface area contributed by atoms with Crippen molar-refractivity contribution in [2.24, 2.45) is 5.22 Å². The maximum atomic E-state index is 13.2. The SMILES string of the molecule is CNC(=O)N(N=N)c1ccc(F)cc1OC(C)C. The fourth-order valence-electron chi connectivity index (χ4n) is 1.33. The van der Waals surface area contributed by atoms with Crippen LogP contribution >= 0.6 is 0 Å². The smallest absolute Gasteiger partial charge is 0.343 e. The summed E-state index contributed by atoms with van der Waals surface area (Å²) in [6.45, 7) is 3.55. The molecule has 18 heavy (non-hydrogen) atoms. The number of benzene rings is 1. The molecule has 0 aliphatic heterocycles. The van der Waals surface area contributed by atoms with E-state index in [0.717, 1.165) is 11.1 Å². The summed E-state index contributed by atoms with van der Waals surface area (Å²) in [4.78, 5) is 11.5. The molecule has 98 valence electrons. The Bertz CT molecular complexity index is 451. The van der Waals surface area contributed by atoms with Crippen LogP contribution in [0.5, 0.6) is 5.75 Å². The number of rotatable bonds is 4. The lowest BCUT2D eigenvalue weighted by Gasteiger charge is -2.19. The second-order valence-corrected chi connectivity index (χ2v) is 3.75. The summed E-state index contributed by atoms with van der Waals surface area (Å²) in [6, 6.07) is 3.05. The molecule has 0 bridgehead atoms. The Morgan fingerprint density at radius 2 is 2.22 bits per heavy atom. The number of nitrogens with one attached hydrogen (secondary N) is 2. The first kappa shape index (κ1) is 13.9. The molecule has 0 aliphatic carbocycles. The van der Waals surface area contributed by atoms with Gasteiger partial charge in [-0.15, -0.1) is 0 Å². The molecule has 0 unspecified atom stereocenters. The molecule has 6 nitrogen and oxygen atoms in total. The first-order valence-electron chi connectivity index (χ1n) is 5.35. The average Bonchev–Trinajstić information content (AvgIpc) is 2.31. The van der Waals surface area contributed by atoms with Gasteiger partial charge in [-0.3, -0.25) is 0 Å². The average molecular weight is 254 g/mol. The zero-order valence-electron chi connectivity index (χ0n) is 10.4. The molecule has 7 heteroatoms. The number of halogens is 1. The van der Waals surface area contributed by atoms with Crippen LogP contribution in [0.15, 0.2) is 23.4 Å². The monoisotopic (exact) mass is 254 g/mol. The Morgan fingerprint density at radius 3 is 2.72 bits per heavy atom. The minimum absolute atomic E-state index is 0.157. The number of hydrogen-bond acceptors (Lipinski definition) is 4. The number of carbonyl (C=O) groups excluding carboxylic acids is 1. The van der Waals surface area contributed by atoms with Crippen LogP contribution in [0, 0.1) is 11.3 Å². The van der Waals surface area contributed by atoms with Gasteiger partial charge in [-0.1, -0.05) is 5.22 Å². The van der Waals surface area contributed by atoms with Crippen molar-refractivity contribution in [2.45, 2.75) is 20.0 Å². The summed E-state index contributed by atoms with van der Waals surface area (Å²) in [5, 5.41) is 6.22. The Kier molecular flexibility index (Phi) is 4.59. The molecule has 0 spiro atoms. The fourth-order valence-corrected chi connectivity index (χ4v) is 1.33. The van der Waals surface area contributed by atoms with Gasteiger partial charge in [0.2, 0.25) is 0 Å². The number of hydrogen-bond donors (Lipinski definition) is 2. The van der Waals surface area contributed by atoms with E-state index in [-0.39, 0.29) is 17.5 Å². The van der Waals surface area contributed by atoms with E-state index in [4.69, 9.17) is 10.3 Å². The van der Waals surface area contributed by atoms with Crippen molar-refractivity contribution >= 4 is 11.7 Å². The molecule has 2 N–H and O–H groups in total. The Hall–Kier alpha value is -2.18. The van der Waals surface area contributed by atoms with Crippen molar-refractivity contribution in [1.82, 2.24) is 5.32 Å². The predicted octanol–water partition coefficient (Wildman–Crippen LogP) is 2.70. The molecule has 0 fully saturated rings.